The first-order chi connectivity index (χ1) is 10.7. The van der Waals surface area contributed by atoms with Gasteiger partial charge in [-0.2, -0.15) is 0 Å². The Bertz CT molecular complexity index is 806. The largest absolute Gasteiger partial charge is 0.573 e. The minimum absolute atomic E-state index is 0.0653. The van der Waals surface area contributed by atoms with E-state index in [2.05, 4.69) is 10.1 Å². The van der Waals surface area contributed by atoms with Gasteiger partial charge in [0.2, 0.25) is 5.91 Å². The summed E-state index contributed by atoms with van der Waals surface area (Å²) in [5.41, 5.74) is 1.46. The second-order valence-corrected chi connectivity index (χ2v) is 5.69. The number of rotatable bonds is 2. The Morgan fingerprint density at radius 1 is 1.13 bits per heavy atom. The van der Waals surface area contributed by atoms with Crippen molar-refractivity contribution in [3.63, 3.8) is 0 Å². The number of anilines is 1. The summed E-state index contributed by atoms with van der Waals surface area (Å²) < 4.78 is 41.8. The fourth-order valence-electron chi connectivity index (χ4n) is 2.44. The van der Waals surface area contributed by atoms with E-state index in [1.807, 2.05) is 0 Å². The number of halogens is 5. The molecule has 2 aromatic carbocycles. The SMILES string of the molecule is O=C1Cc2cc(-c3c(Cl)cccc3OC(F)(F)F)cc(Cl)c2N1. The zero-order chi connectivity index (χ0) is 16.8. The van der Waals surface area contributed by atoms with Crippen LogP contribution in [0, 0.1) is 0 Å². The van der Waals surface area contributed by atoms with Gasteiger partial charge in [0.15, 0.2) is 0 Å². The summed E-state index contributed by atoms with van der Waals surface area (Å²) in [6, 6.07) is 6.98. The van der Waals surface area contributed by atoms with Crippen LogP contribution in [-0.4, -0.2) is 12.3 Å². The Morgan fingerprint density at radius 3 is 2.57 bits per heavy atom. The average molecular weight is 362 g/mol. The third kappa shape index (κ3) is 3.23. The van der Waals surface area contributed by atoms with Crippen LogP contribution in [-0.2, 0) is 11.2 Å². The lowest BCUT2D eigenvalue weighted by molar-refractivity contribution is -0.274. The standard InChI is InChI=1S/C15H8Cl2F3NO2/c16-9-2-1-3-11(23-15(18,19)20)13(9)7-4-8-6-12(22)21-14(8)10(17)5-7/h1-5H,6H2,(H,21,22). The molecule has 0 atom stereocenters. The molecule has 1 N–H and O–H groups in total. The highest BCUT2D eigenvalue weighted by Gasteiger charge is 2.33. The van der Waals surface area contributed by atoms with Crippen molar-refractivity contribution in [3.8, 4) is 16.9 Å². The number of amides is 1. The Labute approximate surface area is 139 Å². The molecular weight excluding hydrogens is 354 g/mol. The molecule has 1 amide bonds. The molecule has 3 nitrogen and oxygen atoms in total. The van der Waals surface area contributed by atoms with E-state index in [1.165, 1.54) is 24.3 Å². The van der Waals surface area contributed by atoms with Crippen molar-refractivity contribution in [2.75, 3.05) is 5.32 Å². The van der Waals surface area contributed by atoms with Crippen LogP contribution in [0.2, 0.25) is 10.0 Å². The number of ether oxygens (including phenoxy) is 1. The fourth-order valence-corrected chi connectivity index (χ4v) is 3.00. The molecule has 23 heavy (non-hydrogen) atoms. The summed E-state index contributed by atoms with van der Waals surface area (Å²) in [4.78, 5) is 11.5. The summed E-state index contributed by atoms with van der Waals surface area (Å²) in [5.74, 6) is -0.664. The highest BCUT2D eigenvalue weighted by molar-refractivity contribution is 6.36. The van der Waals surface area contributed by atoms with Crippen LogP contribution in [0.1, 0.15) is 5.56 Å². The summed E-state index contributed by atoms with van der Waals surface area (Å²) in [6.45, 7) is 0. The van der Waals surface area contributed by atoms with Gasteiger partial charge in [-0.15, -0.1) is 13.2 Å². The third-order valence-corrected chi connectivity index (χ3v) is 3.89. The molecular formula is C15H8Cl2F3NO2. The predicted molar refractivity (Wildman–Crippen MR) is 80.9 cm³/mol. The summed E-state index contributed by atoms with van der Waals surface area (Å²) in [7, 11) is 0. The molecule has 3 rings (SSSR count). The van der Waals surface area contributed by atoms with Crippen LogP contribution >= 0.6 is 23.2 Å². The topological polar surface area (TPSA) is 38.3 Å². The van der Waals surface area contributed by atoms with Gasteiger partial charge in [-0.3, -0.25) is 4.79 Å². The van der Waals surface area contributed by atoms with Crippen LogP contribution in [0.15, 0.2) is 30.3 Å². The average Bonchev–Trinajstić information content (AvgIpc) is 2.78. The summed E-state index contributed by atoms with van der Waals surface area (Å²) in [5, 5.41) is 2.90. The van der Waals surface area contributed by atoms with Crippen LogP contribution < -0.4 is 10.1 Å². The van der Waals surface area contributed by atoms with Gasteiger partial charge in [0, 0.05) is 5.56 Å². The smallest absolute Gasteiger partial charge is 0.405 e. The van der Waals surface area contributed by atoms with Crippen LogP contribution in [0.4, 0.5) is 18.9 Å². The molecule has 0 spiro atoms. The van der Waals surface area contributed by atoms with Crippen LogP contribution in [0.5, 0.6) is 5.75 Å². The zero-order valence-corrected chi connectivity index (χ0v) is 12.8. The summed E-state index contributed by atoms with van der Waals surface area (Å²) >= 11 is 12.2. The van der Waals surface area contributed by atoms with E-state index in [-0.39, 0.29) is 27.9 Å². The number of benzene rings is 2. The predicted octanol–water partition coefficient (Wildman–Crippen LogP) is 5.05. The first-order valence-corrected chi connectivity index (χ1v) is 7.17. The van der Waals surface area contributed by atoms with E-state index in [4.69, 9.17) is 23.2 Å². The van der Waals surface area contributed by atoms with Gasteiger partial charge in [0.1, 0.15) is 5.75 Å². The molecule has 1 aliphatic rings. The van der Waals surface area contributed by atoms with Gasteiger partial charge in [0.05, 0.1) is 22.2 Å². The number of alkyl halides is 3. The molecule has 120 valence electrons. The van der Waals surface area contributed by atoms with Gasteiger partial charge in [0.25, 0.3) is 0 Å². The Morgan fingerprint density at radius 2 is 1.87 bits per heavy atom. The first kappa shape index (κ1) is 16.0. The second-order valence-electron chi connectivity index (χ2n) is 4.88. The number of hydrogen-bond acceptors (Lipinski definition) is 2. The van der Waals surface area contributed by atoms with E-state index in [0.717, 1.165) is 0 Å². The maximum absolute atomic E-state index is 12.6. The van der Waals surface area contributed by atoms with Gasteiger partial charge in [-0.1, -0.05) is 29.3 Å². The maximum atomic E-state index is 12.6. The second kappa shape index (κ2) is 5.62. The van der Waals surface area contributed by atoms with Gasteiger partial charge in [-0.05, 0) is 35.4 Å². The van der Waals surface area contributed by atoms with Crippen molar-refractivity contribution in [1.29, 1.82) is 0 Å². The van der Waals surface area contributed by atoms with E-state index in [9.17, 15) is 18.0 Å². The minimum Gasteiger partial charge on any atom is -0.405 e. The van der Waals surface area contributed by atoms with Crippen molar-refractivity contribution in [3.05, 3.63) is 45.9 Å². The fraction of sp³-hybridized carbons (Fsp3) is 0.133. The quantitative estimate of drug-likeness (QED) is 0.812. The number of hydrogen-bond donors (Lipinski definition) is 1. The Kier molecular flexibility index (Phi) is 3.90. The summed E-state index contributed by atoms with van der Waals surface area (Å²) in [6.07, 6.45) is -4.75. The van der Waals surface area contributed by atoms with E-state index in [1.54, 1.807) is 6.07 Å². The van der Waals surface area contributed by atoms with Gasteiger partial charge < -0.3 is 10.1 Å². The lowest BCUT2D eigenvalue weighted by atomic mass is 10.0. The molecule has 0 saturated heterocycles. The first-order valence-electron chi connectivity index (χ1n) is 6.41. The van der Waals surface area contributed by atoms with Crippen molar-refractivity contribution in [2.45, 2.75) is 12.8 Å². The van der Waals surface area contributed by atoms with Crippen molar-refractivity contribution in [1.82, 2.24) is 0 Å². The molecule has 1 heterocycles. The Hall–Kier alpha value is -1.92. The van der Waals surface area contributed by atoms with E-state index < -0.39 is 12.1 Å². The van der Waals surface area contributed by atoms with Gasteiger partial charge >= 0.3 is 6.36 Å². The number of fused-ring (bicyclic) bond motifs is 1. The molecule has 0 radical (unpaired) electrons. The zero-order valence-electron chi connectivity index (χ0n) is 11.3. The molecule has 0 unspecified atom stereocenters. The molecule has 0 fully saturated rings. The molecule has 0 aliphatic carbocycles. The van der Waals surface area contributed by atoms with Crippen molar-refractivity contribution in [2.24, 2.45) is 0 Å². The van der Waals surface area contributed by atoms with Crippen molar-refractivity contribution < 1.29 is 22.7 Å². The number of carbonyl (C=O) groups is 1. The lowest BCUT2D eigenvalue weighted by Crippen LogP contribution is -2.17. The number of nitrogens with one attached hydrogen (secondary N) is 1. The Balaban J connectivity index is 2.15. The molecule has 1 aliphatic heterocycles. The molecule has 2 aromatic rings. The normalized spacial score (nSPS) is 13.7. The molecule has 0 bridgehead atoms. The number of carbonyl (C=O) groups excluding carboxylic acids is 1. The third-order valence-electron chi connectivity index (χ3n) is 3.28. The highest BCUT2D eigenvalue weighted by atomic mass is 35.5. The maximum Gasteiger partial charge on any atom is 0.573 e. The minimum atomic E-state index is -4.85. The molecule has 0 aromatic heterocycles. The van der Waals surface area contributed by atoms with E-state index >= 15 is 0 Å². The van der Waals surface area contributed by atoms with Crippen LogP contribution in [0.25, 0.3) is 11.1 Å². The van der Waals surface area contributed by atoms with Crippen LogP contribution in [0.3, 0.4) is 0 Å². The van der Waals surface area contributed by atoms with Crippen molar-refractivity contribution >= 4 is 34.8 Å². The van der Waals surface area contributed by atoms with E-state index in [0.29, 0.717) is 16.8 Å². The molecule has 8 heteroatoms. The van der Waals surface area contributed by atoms with Gasteiger partial charge in [-0.25, -0.2) is 0 Å². The monoisotopic (exact) mass is 361 g/mol. The highest BCUT2D eigenvalue weighted by Crippen LogP contribution is 2.43. The lowest BCUT2D eigenvalue weighted by Gasteiger charge is -2.15. The molecule has 0 saturated carbocycles.